The summed E-state index contributed by atoms with van der Waals surface area (Å²) in [5.41, 5.74) is 2.08. The van der Waals surface area contributed by atoms with Gasteiger partial charge in [0.15, 0.2) is 0 Å². The smallest absolute Gasteiger partial charge is 0.264 e. The predicted octanol–water partition coefficient (Wildman–Crippen LogP) is 4.86. The Bertz CT molecular complexity index is 1410. The lowest BCUT2D eigenvalue weighted by atomic mass is 10.1. The minimum absolute atomic E-state index is 0.0493. The predicted molar refractivity (Wildman–Crippen MR) is 160 cm³/mol. The van der Waals surface area contributed by atoms with E-state index in [0.717, 1.165) is 20.3 Å². The lowest BCUT2D eigenvalue weighted by molar-refractivity contribution is -0.140. The van der Waals surface area contributed by atoms with Gasteiger partial charge in [-0.3, -0.25) is 13.9 Å². The first-order chi connectivity index (χ1) is 19.2. The Morgan fingerprint density at radius 2 is 1.62 bits per heavy atom. The molecular weight excluding hydrogens is 546 g/mol. The van der Waals surface area contributed by atoms with Crippen molar-refractivity contribution in [3.63, 3.8) is 0 Å². The number of sulfonamides is 1. The van der Waals surface area contributed by atoms with E-state index in [0.29, 0.717) is 18.8 Å². The minimum atomic E-state index is -4.19. The molecule has 8 nitrogen and oxygen atoms in total. The summed E-state index contributed by atoms with van der Waals surface area (Å²) in [6.07, 6.45) is 2.27. The molecule has 40 heavy (non-hydrogen) atoms. The van der Waals surface area contributed by atoms with Crippen LogP contribution in [-0.4, -0.2) is 57.6 Å². The van der Waals surface area contributed by atoms with Crippen LogP contribution < -0.4 is 14.4 Å². The summed E-state index contributed by atoms with van der Waals surface area (Å²) in [6.45, 7) is 5.52. The molecule has 3 aromatic rings. The number of amides is 2. The van der Waals surface area contributed by atoms with E-state index in [2.05, 4.69) is 5.32 Å². The Morgan fingerprint density at radius 1 is 0.975 bits per heavy atom. The number of benzene rings is 3. The molecule has 0 heterocycles. The van der Waals surface area contributed by atoms with Crippen LogP contribution >= 0.6 is 11.8 Å². The molecule has 3 rings (SSSR count). The quantitative estimate of drug-likeness (QED) is 0.289. The third-order valence-electron chi connectivity index (χ3n) is 6.59. The van der Waals surface area contributed by atoms with Crippen molar-refractivity contribution >= 4 is 39.3 Å². The van der Waals surface area contributed by atoms with Gasteiger partial charge in [-0.15, -0.1) is 11.8 Å². The average molecular weight is 584 g/mol. The van der Waals surface area contributed by atoms with Crippen molar-refractivity contribution in [1.82, 2.24) is 10.2 Å². The average Bonchev–Trinajstić information content (AvgIpc) is 2.97. The van der Waals surface area contributed by atoms with Gasteiger partial charge < -0.3 is 15.0 Å². The molecule has 2 amide bonds. The van der Waals surface area contributed by atoms with Crippen molar-refractivity contribution in [3.8, 4) is 5.75 Å². The third-order valence-corrected chi connectivity index (χ3v) is 9.11. The molecule has 3 aromatic carbocycles. The van der Waals surface area contributed by atoms with Crippen molar-refractivity contribution in [1.29, 1.82) is 0 Å². The normalized spacial score (nSPS) is 11.9. The van der Waals surface area contributed by atoms with E-state index in [9.17, 15) is 18.0 Å². The molecule has 0 unspecified atom stereocenters. The van der Waals surface area contributed by atoms with Crippen molar-refractivity contribution in [2.75, 3.05) is 30.8 Å². The first-order valence-corrected chi connectivity index (χ1v) is 15.8. The number of nitrogens with zero attached hydrogens (tertiary/aromatic N) is 2. The lowest BCUT2D eigenvalue weighted by Crippen LogP contribution is -2.51. The SMILES string of the molecule is CCOc1ccccc1N(CC(=O)N(Cc1ccccc1C)[C@H](CC)C(=O)NC)S(=O)(=O)c1ccc(SC)cc1. The standard InChI is InChI=1S/C30H37N3O5S2/c1-6-26(30(35)31-4)32(20-23-13-9-8-12-22(23)3)29(34)21-33(27-14-10-11-15-28(27)38-7-2)40(36,37)25-18-16-24(39-5)17-19-25/h8-19,26H,6-7,20-21H2,1-5H3,(H,31,35)/t26-/m1/s1. The highest BCUT2D eigenvalue weighted by molar-refractivity contribution is 7.98. The maximum atomic E-state index is 14.1. The summed E-state index contributed by atoms with van der Waals surface area (Å²) < 4.78 is 35.0. The number of ether oxygens (including phenoxy) is 1. The molecule has 0 aliphatic rings. The van der Waals surface area contributed by atoms with Gasteiger partial charge in [-0.2, -0.15) is 0 Å². The van der Waals surface area contributed by atoms with E-state index in [1.807, 2.05) is 44.4 Å². The van der Waals surface area contributed by atoms with Gasteiger partial charge in [0.1, 0.15) is 18.3 Å². The zero-order chi connectivity index (χ0) is 29.3. The van der Waals surface area contributed by atoms with E-state index < -0.39 is 28.5 Å². The van der Waals surface area contributed by atoms with E-state index >= 15 is 0 Å². The molecule has 0 aromatic heterocycles. The molecule has 0 fully saturated rings. The Labute approximate surface area is 241 Å². The molecule has 1 N–H and O–H groups in total. The fraction of sp³-hybridized carbons (Fsp3) is 0.333. The molecule has 0 radical (unpaired) electrons. The van der Waals surface area contributed by atoms with Crippen LogP contribution in [0.4, 0.5) is 5.69 Å². The van der Waals surface area contributed by atoms with Crippen LogP contribution in [-0.2, 0) is 26.2 Å². The number of hydrogen-bond acceptors (Lipinski definition) is 6. The van der Waals surface area contributed by atoms with E-state index in [-0.39, 0.29) is 23.0 Å². The summed E-state index contributed by atoms with van der Waals surface area (Å²) >= 11 is 1.50. The van der Waals surface area contributed by atoms with Crippen LogP contribution in [0.2, 0.25) is 0 Å². The highest BCUT2D eigenvalue weighted by atomic mass is 32.2. The number of likely N-dealkylation sites (N-methyl/N-ethyl adjacent to an activating group) is 1. The summed E-state index contributed by atoms with van der Waals surface area (Å²) in [6, 6.07) is 20.1. The molecule has 0 bridgehead atoms. The number of hydrogen-bond donors (Lipinski definition) is 1. The van der Waals surface area contributed by atoms with Crippen molar-refractivity contribution in [2.45, 2.75) is 49.6 Å². The minimum Gasteiger partial charge on any atom is -0.492 e. The molecular formula is C30H37N3O5S2. The fourth-order valence-corrected chi connectivity index (χ4v) is 6.22. The van der Waals surface area contributed by atoms with Gasteiger partial charge in [-0.1, -0.05) is 43.3 Å². The van der Waals surface area contributed by atoms with Gasteiger partial charge in [0.2, 0.25) is 11.8 Å². The maximum absolute atomic E-state index is 14.1. The fourth-order valence-electron chi connectivity index (χ4n) is 4.39. The number of aryl methyl sites for hydroxylation is 1. The third kappa shape index (κ3) is 7.17. The summed E-state index contributed by atoms with van der Waals surface area (Å²) in [5.74, 6) is -0.485. The number of carbonyl (C=O) groups is 2. The second-order valence-electron chi connectivity index (χ2n) is 9.07. The zero-order valence-corrected chi connectivity index (χ0v) is 25.2. The monoisotopic (exact) mass is 583 g/mol. The first kappa shape index (κ1) is 31.0. The molecule has 0 saturated carbocycles. The molecule has 0 spiro atoms. The molecule has 0 aliphatic carbocycles. The van der Waals surface area contributed by atoms with Crippen LogP contribution in [0.25, 0.3) is 0 Å². The van der Waals surface area contributed by atoms with Crippen LogP contribution in [0.15, 0.2) is 82.6 Å². The molecule has 1 atom stereocenters. The number of rotatable bonds is 13. The van der Waals surface area contributed by atoms with E-state index in [4.69, 9.17) is 4.74 Å². The van der Waals surface area contributed by atoms with Gasteiger partial charge in [-0.05, 0) is 74.0 Å². The molecule has 214 valence electrons. The lowest BCUT2D eigenvalue weighted by Gasteiger charge is -2.33. The Morgan fingerprint density at radius 3 is 2.23 bits per heavy atom. The second-order valence-corrected chi connectivity index (χ2v) is 11.8. The molecule has 0 saturated heterocycles. The summed E-state index contributed by atoms with van der Waals surface area (Å²) in [7, 11) is -2.67. The first-order valence-electron chi connectivity index (χ1n) is 13.1. The molecule has 10 heteroatoms. The van der Waals surface area contributed by atoms with Crippen LogP contribution in [0, 0.1) is 6.92 Å². The van der Waals surface area contributed by atoms with E-state index in [1.165, 1.54) is 35.8 Å². The highest BCUT2D eigenvalue weighted by Crippen LogP contribution is 2.33. The van der Waals surface area contributed by atoms with Gasteiger partial charge in [-0.25, -0.2) is 8.42 Å². The number of anilines is 1. The Kier molecular flexibility index (Phi) is 11.0. The summed E-state index contributed by atoms with van der Waals surface area (Å²) in [4.78, 5) is 29.4. The van der Waals surface area contributed by atoms with Gasteiger partial charge in [0, 0.05) is 18.5 Å². The van der Waals surface area contributed by atoms with Gasteiger partial charge in [0.25, 0.3) is 10.0 Å². The second kappa shape index (κ2) is 14.2. The maximum Gasteiger partial charge on any atom is 0.264 e. The number of para-hydroxylation sites is 2. The van der Waals surface area contributed by atoms with Crippen LogP contribution in [0.5, 0.6) is 5.75 Å². The number of nitrogens with one attached hydrogen (secondary N) is 1. The number of carbonyl (C=O) groups excluding carboxylic acids is 2. The Balaban J connectivity index is 2.12. The van der Waals surface area contributed by atoms with Crippen molar-refractivity contribution in [2.24, 2.45) is 0 Å². The highest BCUT2D eigenvalue weighted by Gasteiger charge is 2.34. The Hall–Kier alpha value is -3.50. The largest absolute Gasteiger partial charge is 0.492 e. The number of thioether (sulfide) groups is 1. The topological polar surface area (TPSA) is 96.0 Å². The van der Waals surface area contributed by atoms with Gasteiger partial charge in [0.05, 0.1) is 17.2 Å². The molecule has 0 aliphatic heterocycles. The van der Waals surface area contributed by atoms with Gasteiger partial charge >= 0.3 is 0 Å². The zero-order valence-electron chi connectivity index (χ0n) is 23.6. The van der Waals surface area contributed by atoms with E-state index in [1.54, 1.807) is 43.3 Å². The van der Waals surface area contributed by atoms with Crippen molar-refractivity contribution < 1.29 is 22.7 Å². The van der Waals surface area contributed by atoms with Crippen LogP contribution in [0.1, 0.15) is 31.4 Å². The summed E-state index contributed by atoms with van der Waals surface area (Å²) in [5, 5.41) is 2.64. The van der Waals surface area contributed by atoms with Crippen LogP contribution in [0.3, 0.4) is 0 Å². The van der Waals surface area contributed by atoms with Crippen molar-refractivity contribution in [3.05, 3.63) is 83.9 Å².